The van der Waals surface area contributed by atoms with Crippen LogP contribution in [0.2, 0.25) is 0 Å². The van der Waals surface area contributed by atoms with Crippen LogP contribution in [0.5, 0.6) is 0 Å². The molecule has 0 aliphatic heterocycles. The Balaban J connectivity index is 2.12. The van der Waals surface area contributed by atoms with Crippen LogP contribution in [0.4, 0.5) is 0 Å². The average molecular weight is 256 g/mol. The summed E-state index contributed by atoms with van der Waals surface area (Å²) in [5, 5.41) is 4.51. The molecule has 19 heavy (non-hydrogen) atoms. The lowest BCUT2D eigenvalue weighted by molar-refractivity contribution is 0.561. The maximum absolute atomic E-state index is 5.65. The molecule has 0 aliphatic carbocycles. The van der Waals surface area contributed by atoms with E-state index in [1.165, 1.54) is 0 Å². The normalized spacial score (nSPS) is 11.3. The first-order valence-corrected chi connectivity index (χ1v) is 6.27. The summed E-state index contributed by atoms with van der Waals surface area (Å²) in [5.41, 5.74) is 10.5. The van der Waals surface area contributed by atoms with Gasteiger partial charge in [-0.05, 0) is 30.7 Å². The molecule has 0 saturated carbocycles. The third-order valence-electron chi connectivity index (χ3n) is 3.09. The first-order chi connectivity index (χ1) is 9.17. The molecule has 1 aromatic carbocycles. The molecule has 0 unspecified atom stereocenters. The number of hydrogen-bond donors (Lipinski definition) is 1. The smallest absolute Gasteiger partial charge is 0.192 e. The minimum Gasteiger partial charge on any atom is -0.441 e. The summed E-state index contributed by atoms with van der Waals surface area (Å²) < 4.78 is 7.38. The highest BCUT2D eigenvalue weighted by Crippen LogP contribution is 2.26. The summed E-state index contributed by atoms with van der Waals surface area (Å²) >= 11 is 0. The van der Waals surface area contributed by atoms with Gasteiger partial charge in [-0.2, -0.15) is 5.10 Å². The molecule has 0 bridgehead atoms. The van der Waals surface area contributed by atoms with Gasteiger partial charge in [0.05, 0.1) is 5.69 Å². The van der Waals surface area contributed by atoms with Gasteiger partial charge in [-0.25, -0.2) is 4.98 Å². The maximum atomic E-state index is 5.65. The van der Waals surface area contributed by atoms with Gasteiger partial charge in [0, 0.05) is 25.7 Å². The topological polar surface area (TPSA) is 69.9 Å². The second-order valence-corrected chi connectivity index (χ2v) is 4.63. The summed E-state index contributed by atoms with van der Waals surface area (Å²) in [4.78, 5) is 4.30. The van der Waals surface area contributed by atoms with Crippen molar-refractivity contribution in [2.75, 3.05) is 6.54 Å². The van der Waals surface area contributed by atoms with Crippen molar-refractivity contribution in [3.05, 3.63) is 35.9 Å². The zero-order valence-corrected chi connectivity index (χ0v) is 11.1. The van der Waals surface area contributed by atoms with E-state index in [1.807, 2.05) is 43.0 Å². The van der Waals surface area contributed by atoms with E-state index in [1.54, 1.807) is 0 Å². The van der Waals surface area contributed by atoms with Crippen LogP contribution in [0.25, 0.3) is 22.4 Å². The summed E-state index contributed by atoms with van der Waals surface area (Å²) in [7, 11) is 1.92. The first kappa shape index (κ1) is 11.9. The third-order valence-corrected chi connectivity index (χ3v) is 3.09. The van der Waals surface area contributed by atoms with Crippen molar-refractivity contribution in [1.82, 2.24) is 14.8 Å². The molecule has 0 radical (unpaired) electrons. The Morgan fingerprint density at radius 1 is 1.37 bits per heavy atom. The summed E-state index contributed by atoms with van der Waals surface area (Å²) in [6.07, 6.45) is 2.83. The van der Waals surface area contributed by atoms with E-state index < -0.39 is 0 Å². The number of fused-ring (bicyclic) bond motifs is 1. The van der Waals surface area contributed by atoms with Crippen molar-refractivity contribution in [2.24, 2.45) is 12.8 Å². The number of nitrogens with two attached hydrogens (primary N) is 1. The predicted octanol–water partition coefficient (Wildman–Crippen LogP) is 2.04. The molecule has 0 atom stereocenters. The molecule has 98 valence electrons. The van der Waals surface area contributed by atoms with Gasteiger partial charge in [-0.3, -0.25) is 4.68 Å². The molecular weight excluding hydrogens is 240 g/mol. The van der Waals surface area contributed by atoms with Crippen LogP contribution in [0.3, 0.4) is 0 Å². The van der Waals surface area contributed by atoms with Crippen LogP contribution in [-0.2, 0) is 13.5 Å². The molecule has 0 aliphatic rings. The zero-order valence-electron chi connectivity index (χ0n) is 11.1. The third kappa shape index (κ3) is 2.13. The molecule has 5 heteroatoms. The Bertz CT molecular complexity index is 726. The first-order valence-electron chi connectivity index (χ1n) is 6.27. The monoisotopic (exact) mass is 256 g/mol. The van der Waals surface area contributed by atoms with Gasteiger partial charge in [0.2, 0.25) is 0 Å². The molecule has 3 rings (SSSR count). The van der Waals surface area contributed by atoms with Crippen molar-refractivity contribution >= 4 is 11.1 Å². The van der Waals surface area contributed by atoms with Crippen molar-refractivity contribution in [3.8, 4) is 11.3 Å². The standard InChI is InChI=1S/C14H16N4O/c1-9-16-12-4-3-10(7-13(12)19-9)14-11(5-6-15)8-18(2)17-14/h3-4,7-8H,5-6,15H2,1-2H3. The van der Waals surface area contributed by atoms with E-state index >= 15 is 0 Å². The second kappa shape index (κ2) is 4.51. The Kier molecular flexibility index (Phi) is 2.83. The molecule has 2 aromatic heterocycles. The van der Waals surface area contributed by atoms with E-state index in [0.29, 0.717) is 12.4 Å². The number of hydrogen-bond acceptors (Lipinski definition) is 4. The fourth-order valence-electron chi connectivity index (χ4n) is 2.31. The van der Waals surface area contributed by atoms with Gasteiger partial charge >= 0.3 is 0 Å². The lowest BCUT2D eigenvalue weighted by Crippen LogP contribution is -2.02. The lowest BCUT2D eigenvalue weighted by atomic mass is 10.1. The van der Waals surface area contributed by atoms with E-state index in [-0.39, 0.29) is 0 Å². The predicted molar refractivity (Wildman–Crippen MR) is 73.7 cm³/mol. The van der Waals surface area contributed by atoms with E-state index in [4.69, 9.17) is 10.2 Å². The molecule has 5 nitrogen and oxygen atoms in total. The van der Waals surface area contributed by atoms with Gasteiger partial charge in [-0.15, -0.1) is 0 Å². The van der Waals surface area contributed by atoms with E-state index in [9.17, 15) is 0 Å². The van der Waals surface area contributed by atoms with Crippen LogP contribution in [0.1, 0.15) is 11.5 Å². The SMILES string of the molecule is Cc1nc2ccc(-c3nn(C)cc3CCN)cc2o1. The summed E-state index contributed by atoms with van der Waals surface area (Å²) in [6.45, 7) is 2.46. The largest absolute Gasteiger partial charge is 0.441 e. The molecular formula is C14H16N4O. The number of aromatic nitrogens is 3. The second-order valence-electron chi connectivity index (χ2n) is 4.63. The highest BCUT2D eigenvalue weighted by molar-refractivity contribution is 5.80. The number of benzene rings is 1. The molecule has 2 heterocycles. The Hall–Kier alpha value is -2.14. The Morgan fingerprint density at radius 3 is 3.00 bits per heavy atom. The van der Waals surface area contributed by atoms with Crippen LogP contribution >= 0.6 is 0 Å². The van der Waals surface area contributed by atoms with Gasteiger partial charge < -0.3 is 10.2 Å². The molecule has 0 spiro atoms. The number of aryl methyl sites for hydroxylation is 2. The Morgan fingerprint density at radius 2 is 2.21 bits per heavy atom. The molecule has 0 saturated heterocycles. The molecule has 0 fully saturated rings. The minimum atomic E-state index is 0.613. The van der Waals surface area contributed by atoms with Gasteiger partial charge in [-0.1, -0.05) is 6.07 Å². The average Bonchev–Trinajstić information content (AvgIpc) is 2.90. The molecule has 3 aromatic rings. The van der Waals surface area contributed by atoms with Gasteiger partial charge in [0.15, 0.2) is 11.5 Å². The summed E-state index contributed by atoms with van der Waals surface area (Å²) in [6, 6.07) is 5.96. The number of oxazole rings is 1. The quantitative estimate of drug-likeness (QED) is 0.778. The molecule has 2 N–H and O–H groups in total. The highest BCUT2D eigenvalue weighted by Gasteiger charge is 2.11. The number of rotatable bonds is 3. The van der Waals surface area contributed by atoms with Crippen molar-refractivity contribution in [2.45, 2.75) is 13.3 Å². The minimum absolute atomic E-state index is 0.613. The summed E-state index contributed by atoms with van der Waals surface area (Å²) in [5.74, 6) is 0.676. The van der Waals surface area contributed by atoms with E-state index in [2.05, 4.69) is 10.1 Å². The van der Waals surface area contributed by atoms with E-state index in [0.717, 1.165) is 34.3 Å². The highest BCUT2D eigenvalue weighted by atomic mass is 16.3. The van der Waals surface area contributed by atoms with Crippen molar-refractivity contribution in [3.63, 3.8) is 0 Å². The Labute approximate surface area is 111 Å². The van der Waals surface area contributed by atoms with Crippen LogP contribution in [0, 0.1) is 6.92 Å². The van der Waals surface area contributed by atoms with Gasteiger partial charge in [0.1, 0.15) is 5.52 Å². The fraction of sp³-hybridized carbons (Fsp3) is 0.286. The maximum Gasteiger partial charge on any atom is 0.192 e. The van der Waals surface area contributed by atoms with Crippen LogP contribution < -0.4 is 5.73 Å². The van der Waals surface area contributed by atoms with Crippen molar-refractivity contribution < 1.29 is 4.42 Å². The number of nitrogens with zero attached hydrogens (tertiary/aromatic N) is 3. The van der Waals surface area contributed by atoms with Crippen LogP contribution in [0.15, 0.2) is 28.8 Å². The molecule has 0 amide bonds. The fourth-order valence-corrected chi connectivity index (χ4v) is 2.31. The van der Waals surface area contributed by atoms with Gasteiger partial charge in [0.25, 0.3) is 0 Å². The van der Waals surface area contributed by atoms with Crippen LogP contribution in [-0.4, -0.2) is 21.3 Å². The lowest BCUT2D eigenvalue weighted by Gasteiger charge is -2.00. The van der Waals surface area contributed by atoms with Crippen molar-refractivity contribution in [1.29, 1.82) is 0 Å². The zero-order chi connectivity index (χ0) is 13.4.